The van der Waals surface area contributed by atoms with Crippen LogP contribution in [0.3, 0.4) is 0 Å². The van der Waals surface area contributed by atoms with Gasteiger partial charge in [0, 0.05) is 11.4 Å². The average molecular weight is 436 g/mol. The molecule has 0 spiro atoms. The smallest absolute Gasteiger partial charge is 0.308 e. The van der Waals surface area contributed by atoms with E-state index in [9.17, 15) is 13.2 Å². The first-order valence-electron chi connectivity index (χ1n) is 8.05. The Morgan fingerprint density at radius 2 is 1.36 bits per heavy atom. The molecule has 0 radical (unpaired) electrons. The molecule has 3 rings (SSSR count). The van der Waals surface area contributed by atoms with Crippen molar-refractivity contribution >= 4 is 56.3 Å². The van der Waals surface area contributed by atoms with Gasteiger partial charge in [-0.05, 0) is 42.5 Å². The van der Waals surface area contributed by atoms with Gasteiger partial charge in [-0.15, -0.1) is 0 Å². The van der Waals surface area contributed by atoms with Crippen LogP contribution in [-0.2, 0) is 10.0 Å². The van der Waals surface area contributed by atoms with Crippen molar-refractivity contribution < 1.29 is 13.2 Å². The molecule has 3 N–H and O–H groups in total. The molecular weight excluding hydrogens is 421 g/mol. The highest BCUT2D eigenvalue weighted by Crippen LogP contribution is 2.30. The monoisotopic (exact) mass is 435 g/mol. The van der Waals surface area contributed by atoms with Gasteiger partial charge in [-0.3, -0.25) is 4.72 Å². The Morgan fingerprint density at radius 1 is 0.750 bits per heavy atom. The molecule has 0 aromatic heterocycles. The van der Waals surface area contributed by atoms with Gasteiger partial charge < -0.3 is 10.6 Å². The summed E-state index contributed by atoms with van der Waals surface area (Å²) in [5.41, 5.74) is 1.30. The van der Waals surface area contributed by atoms with Gasteiger partial charge >= 0.3 is 6.03 Å². The van der Waals surface area contributed by atoms with Crippen LogP contribution in [0.2, 0.25) is 10.0 Å². The number of halogens is 2. The molecule has 28 heavy (non-hydrogen) atoms. The number of hydrogen-bond acceptors (Lipinski definition) is 3. The summed E-state index contributed by atoms with van der Waals surface area (Å²) >= 11 is 11.9. The first-order valence-corrected chi connectivity index (χ1v) is 10.3. The van der Waals surface area contributed by atoms with Crippen LogP contribution in [0.5, 0.6) is 0 Å². The van der Waals surface area contributed by atoms with Crippen molar-refractivity contribution in [2.24, 2.45) is 0 Å². The van der Waals surface area contributed by atoms with E-state index in [0.29, 0.717) is 11.4 Å². The van der Waals surface area contributed by atoms with Crippen molar-refractivity contribution in [3.8, 4) is 0 Å². The molecule has 0 unspecified atom stereocenters. The van der Waals surface area contributed by atoms with Crippen LogP contribution in [0, 0.1) is 0 Å². The van der Waals surface area contributed by atoms with Crippen LogP contribution in [-0.4, -0.2) is 14.4 Å². The molecule has 0 aliphatic rings. The van der Waals surface area contributed by atoms with Crippen LogP contribution >= 0.6 is 23.2 Å². The van der Waals surface area contributed by atoms with E-state index in [4.69, 9.17) is 23.2 Å². The van der Waals surface area contributed by atoms with Crippen LogP contribution in [0.1, 0.15) is 0 Å². The van der Waals surface area contributed by atoms with E-state index >= 15 is 0 Å². The number of carbonyl (C=O) groups is 1. The number of hydrogen-bond donors (Lipinski definition) is 3. The van der Waals surface area contributed by atoms with Crippen molar-refractivity contribution in [1.82, 2.24) is 0 Å². The Hall–Kier alpha value is -2.74. The average Bonchev–Trinajstić information content (AvgIpc) is 2.64. The van der Waals surface area contributed by atoms with E-state index in [1.54, 1.807) is 42.5 Å². The Balaban J connectivity index is 1.74. The largest absolute Gasteiger partial charge is 0.323 e. The topological polar surface area (TPSA) is 87.3 Å². The molecule has 3 aromatic carbocycles. The van der Waals surface area contributed by atoms with Gasteiger partial charge in [0.05, 0.1) is 15.7 Å². The van der Waals surface area contributed by atoms with Crippen LogP contribution < -0.4 is 15.4 Å². The van der Waals surface area contributed by atoms with Gasteiger partial charge in [0.2, 0.25) is 0 Å². The first-order chi connectivity index (χ1) is 13.3. The van der Waals surface area contributed by atoms with Gasteiger partial charge in [-0.25, -0.2) is 13.2 Å². The fourth-order valence-corrected chi connectivity index (χ4v) is 4.19. The molecule has 0 aliphatic heterocycles. The number of anilines is 3. The molecular formula is C19H15Cl2N3O3S. The lowest BCUT2D eigenvalue weighted by molar-refractivity contribution is 0.262. The Kier molecular flexibility index (Phi) is 6.08. The summed E-state index contributed by atoms with van der Waals surface area (Å²) in [6, 6.07) is 19.1. The number of rotatable bonds is 5. The van der Waals surface area contributed by atoms with E-state index in [1.807, 2.05) is 6.07 Å². The second kappa shape index (κ2) is 8.52. The zero-order valence-electron chi connectivity index (χ0n) is 14.3. The normalized spacial score (nSPS) is 10.9. The van der Waals surface area contributed by atoms with Gasteiger partial charge in [0.25, 0.3) is 10.0 Å². The van der Waals surface area contributed by atoms with E-state index in [0.717, 1.165) is 0 Å². The SMILES string of the molecule is O=C(Nc1ccccc1)Nc1cccc(NS(=O)(=O)c2cccc(Cl)c2Cl)c1. The fraction of sp³-hybridized carbons (Fsp3) is 0. The highest BCUT2D eigenvalue weighted by Gasteiger charge is 2.19. The predicted molar refractivity (Wildman–Crippen MR) is 113 cm³/mol. The van der Waals surface area contributed by atoms with Crippen molar-refractivity contribution in [1.29, 1.82) is 0 Å². The maximum Gasteiger partial charge on any atom is 0.323 e. The minimum absolute atomic E-state index is 0.0619. The van der Waals surface area contributed by atoms with E-state index in [2.05, 4.69) is 15.4 Å². The zero-order chi connectivity index (χ0) is 20.1. The molecule has 2 amide bonds. The molecule has 0 saturated carbocycles. The Labute approximate surface area is 172 Å². The molecule has 0 aliphatic carbocycles. The number of carbonyl (C=O) groups excluding carboxylic acids is 1. The minimum Gasteiger partial charge on any atom is -0.308 e. The number of benzene rings is 3. The third-order valence-corrected chi connectivity index (χ3v) is 5.96. The number of urea groups is 1. The third-order valence-electron chi connectivity index (χ3n) is 3.61. The van der Waals surface area contributed by atoms with Crippen molar-refractivity contribution in [3.05, 3.63) is 82.8 Å². The number of sulfonamides is 1. The first kappa shape index (κ1) is 20.0. The second-order valence-corrected chi connectivity index (χ2v) is 8.12. The molecule has 144 valence electrons. The molecule has 0 heterocycles. The number of para-hydroxylation sites is 1. The maximum absolute atomic E-state index is 12.6. The third kappa shape index (κ3) is 4.95. The molecule has 0 atom stereocenters. The molecule has 0 bridgehead atoms. The summed E-state index contributed by atoms with van der Waals surface area (Å²) in [5.74, 6) is 0. The molecule has 6 nitrogen and oxygen atoms in total. The van der Waals surface area contributed by atoms with Gasteiger partial charge in [0.15, 0.2) is 0 Å². The lowest BCUT2D eigenvalue weighted by atomic mass is 10.3. The lowest BCUT2D eigenvalue weighted by Gasteiger charge is -2.12. The predicted octanol–water partition coefficient (Wildman–Crippen LogP) is 5.44. The van der Waals surface area contributed by atoms with Crippen LogP contribution in [0.4, 0.5) is 21.9 Å². The van der Waals surface area contributed by atoms with Crippen molar-refractivity contribution in [2.75, 3.05) is 15.4 Å². The number of amides is 2. The van der Waals surface area contributed by atoms with Gasteiger partial charge in [0.1, 0.15) is 4.90 Å². The Morgan fingerprint density at radius 3 is 2.11 bits per heavy atom. The van der Waals surface area contributed by atoms with Crippen LogP contribution in [0.25, 0.3) is 0 Å². The summed E-state index contributed by atoms with van der Waals surface area (Å²) in [5, 5.41) is 5.40. The molecule has 0 fully saturated rings. The highest BCUT2D eigenvalue weighted by molar-refractivity contribution is 7.92. The maximum atomic E-state index is 12.6. The minimum atomic E-state index is -3.95. The second-order valence-electron chi connectivity index (χ2n) is 5.68. The Bertz CT molecular complexity index is 1110. The highest BCUT2D eigenvalue weighted by atomic mass is 35.5. The lowest BCUT2D eigenvalue weighted by Crippen LogP contribution is -2.19. The summed E-state index contributed by atoms with van der Waals surface area (Å²) in [4.78, 5) is 12.0. The standard InChI is InChI=1S/C19H15Cl2N3O3S/c20-16-10-5-11-17(18(16)21)28(26,27)24-15-9-4-8-14(12-15)23-19(25)22-13-6-2-1-3-7-13/h1-12,24H,(H2,22,23,25). The van der Waals surface area contributed by atoms with Gasteiger partial charge in [-0.1, -0.05) is 53.5 Å². The molecule has 9 heteroatoms. The quantitative estimate of drug-likeness (QED) is 0.498. The van der Waals surface area contributed by atoms with E-state index in [-0.39, 0.29) is 20.6 Å². The zero-order valence-corrected chi connectivity index (χ0v) is 16.6. The molecule has 3 aromatic rings. The fourth-order valence-electron chi connectivity index (χ4n) is 2.38. The van der Waals surface area contributed by atoms with Crippen LogP contribution in [0.15, 0.2) is 77.7 Å². The van der Waals surface area contributed by atoms with Crippen molar-refractivity contribution in [2.45, 2.75) is 4.90 Å². The van der Waals surface area contributed by atoms with Gasteiger partial charge in [-0.2, -0.15) is 0 Å². The summed E-state index contributed by atoms with van der Waals surface area (Å²) in [7, 11) is -3.95. The van der Waals surface area contributed by atoms with E-state index < -0.39 is 16.1 Å². The number of nitrogens with one attached hydrogen (secondary N) is 3. The molecule has 0 saturated heterocycles. The van der Waals surface area contributed by atoms with Crippen molar-refractivity contribution in [3.63, 3.8) is 0 Å². The summed E-state index contributed by atoms with van der Waals surface area (Å²) < 4.78 is 27.6. The van der Waals surface area contributed by atoms with E-state index in [1.165, 1.54) is 24.3 Å². The summed E-state index contributed by atoms with van der Waals surface area (Å²) in [6.45, 7) is 0. The summed E-state index contributed by atoms with van der Waals surface area (Å²) in [6.07, 6.45) is 0.